The Morgan fingerprint density at radius 2 is 2.00 bits per heavy atom. The van der Waals surface area contributed by atoms with Crippen molar-refractivity contribution in [3.63, 3.8) is 0 Å². The van der Waals surface area contributed by atoms with Gasteiger partial charge in [0, 0.05) is 40.3 Å². The molecule has 0 aliphatic carbocycles. The summed E-state index contributed by atoms with van der Waals surface area (Å²) in [5, 5.41) is 6.98. The fraction of sp³-hybridized carbons (Fsp3) is 0.118. The number of pyridine rings is 1. The second kappa shape index (κ2) is 7.52. The molecule has 0 fully saturated rings. The summed E-state index contributed by atoms with van der Waals surface area (Å²) in [6.45, 7) is 0.693. The number of aromatic nitrogens is 3. The van der Waals surface area contributed by atoms with E-state index in [1.165, 1.54) is 11.6 Å². The molecule has 0 bridgehead atoms. The van der Waals surface area contributed by atoms with Crippen LogP contribution < -0.4 is 5.32 Å². The van der Waals surface area contributed by atoms with E-state index in [1.807, 2.05) is 34.7 Å². The molecule has 0 spiro atoms. The van der Waals surface area contributed by atoms with Crippen LogP contribution in [0.3, 0.4) is 0 Å². The van der Waals surface area contributed by atoms with Crippen LogP contribution in [0.4, 0.5) is 10.2 Å². The van der Waals surface area contributed by atoms with Crippen molar-refractivity contribution < 1.29 is 9.18 Å². The summed E-state index contributed by atoms with van der Waals surface area (Å²) in [6, 6.07) is 10.00. The molecular formula is C17H14FIN4O. The Hall–Kier alpha value is -2.29. The zero-order valence-electron chi connectivity index (χ0n) is 12.6. The molecule has 0 atom stereocenters. The van der Waals surface area contributed by atoms with Crippen LogP contribution in [0.1, 0.15) is 15.9 Å². The number of hydrogen-bond acceptors (Lipinski definition) is 3. The van der Waals surface area contributed by atoms with E-state index in [9.17, 15) is 9.18 Å². The highest BCUT2D eigenvalue weighted by Crippen LogP contribution is 2.14. The number of hydrogen-bond donors (Lipinski definition) is 1. The van der Waals surface area contributed by atoms with E-state index in [1.54, 1.807) is 41.5 Å². The van der Waals surface area contributed by atoms with Crippen LogP contribution in [-0.4, -0.2) is 20.7 Å². The fourth-order valence-electron chi connectivity index (χ4n) is 2.17. The minimum atomic E-state index is -0.411. The maximum absolute atomic E-state index is 13.5. The lowest BCUT2D eigenvalue weighted by Crippen LogP contribution is -2.13. The number of rotatable bonds is 5. The van der Waals surface area contributed by atoms with Crippen molar-refractivity contribution in [2.75, 3.05) is 5.32 Å². The van der Waals surface area contributed by atoms with Crippen LogP contribution in [-0.2, 0) is 13.0 Å². The van der Waals surface area contributed by atoms with Crippen molar-refractivity contribution in [1.82, 2.24) is 14.8 Å². The highest BCUT2D eigenvalue weighted by molar-refractivity contribution is 14.1. The van der Waals surface area contributed by atoms with Crippen LogP contribution in [0.15, 0.2) is 55.0 Å². The van der Waals surface area contributed by atoms with E-state index < -0.39 is 5.82 Å². The second-order valence-corrected chi connectivity index (χ2v) is 6.31. The largest absolute Gasteiger partial charge is 0.305 e. The van der Waals surface area contributed by atoms with Gasteiger partial charge in [-0.15, -0.1) is 0 Å². The first-order valence-electron chi connectivity index (χ1n) is 7.30. The molecule has 1 N–H and O–H groups in total. The van der Waals surface area contributed by atoms with Gasteiger partial charge < -0.3 is 5.32 Å². The summed E-state index contributed by atoms with van der Waals surface area (Å²) in [5.74, 6) is -0.357. The number of nitrogens with zero attached hydrogens (tertiary/aromatic N) is 3. The maximum Gasteiger partial charge on any atom is 0.256 e. The molecule has 3 rings (SSSR count). The zero-order valence-corrected chi connectivity index (χ0v) is 14.8. The van der Waals surface area contributed by atoms with Gasteiger partial charge in [-0.3, -0.25) is 14.5 Å². The fourth-order valence-corrected chi connectivity index (χ4v) is 2.51. The number of carbonyl (C=O) groups is 1. The Balaban J connectivity index is 1.61. The van der Waals surface area contributed by atoms with Crippen molar-refractivity contribution in [3.8, 4) is 0 Å². The molecule has 0 radical (unpaired) electrons. The third-order valence-corrected chi connectivity index (χ3v) is 4.32. The highest BCUT2D eigenvalue weighted by Gasteiger charge is 2.10. The average molecular weight is 436 g/mol. The van der Waals surface area contributed by atoms with Crippen molar-refractivity contribution in [2.24, 2.45) is 0 Å². The van der Waals surface area contributed by atoms with Gasteiger partial charge in [-0.2, -0.15) is 5.10 Å². The molecule has 0 unspecified atom stereocenters. The molecule has 0 saturated heterocycles. The van der Waals surface area contributed by atoms with Gasteiger partial charge in [0.2, 0.25) is 0 Å². The number of halogens is 2. The molecule has 122 valence electrons. The molecule has 3 aromatic rings. The number of nitrogens with one attached hydrogen (secondary N) is 1. The van der Waals surface area contributed by atoms with Crippen molar-refractivity contribution in [3.05, 3.63) is 75.5 Å². The van der Waals surface area contributed by atoms with E-state index in [4.69, 9.17) is 0 Å². The average Bonchev–Trinajstić information content (AvgIpc) is 3.04. The first kappa shape index (κ1) is 16.6. The Kier molecular flexibility index (Phi) is 5.19. The minimum absolute atomic E-state index is 0.263. The van der Waals surface area contributed by atoms with Gasteiger partial charge in [0.05, 0.1) is 0 Å². The van der Waals surface area contributed by atoms with Crippen LogP contribution in [0.25, 0.3) is 0 Å². The summed E-state index contributed by atoms with van der Waals surface area (Å²) in [4.78, 5) is 16.1. The molecule has 1 amide bonds. The van der Waals surface area contributed by atoms with Gasteiger partial charge >= 0.3 is 0 Å². The Morgan fingerprint density at radius 1 is 1.21 bits per heavy atom. The summed E-state index contributed by atoms with van der Waals surface area (Å²) < 4.78 is 15.8. The monoisotopic (exact) mass is 436 g/mol. The second-order valence-electron chi connectivity index (χ2n) is 5.15. The summed E-state index contributed by atoms with van der Waals surface area (Å²) in [5.41, 5.74) is 1.43. The van der Waals surface area contributed by atoms with Crippen LogP contribution in [0.2, 0.25) is 0 Å². The normalized spacial score (nSPS) is 10.6. The molecule has 2 aromatic heterocycles. The summed E-state index contributed by atoms with van der Waals surface area (Å²) in [7, 11) is 0. The van der Waals surface area contributed by atoms with Crippen molar-refractivity contribution >= 4 is 34.3 Å². The highest BCUT2D eigenvalue weighted by atomic mass is 127. The van der Waals surface area contributed by atoms with E-state index in [-0.39, 0.29) is 11.5 Å². The standard InChI is InChI=1S/C17H14FIN4O/c18-14-11-13(1-2-15(14)19)17(24)21-16-6-10-23(22-16)9-5-12-3-7-20-8-4-12/h1-4,6-8,10-11H,5,9H2,(H,21,22,24). The van der Waals surface area contributed by atoms with Gasteiger partial charge in [0.15, 0.2) is 5.82 Å². The van der Waals surface area contributed by atoms with Crippen LogP contribution >= 0.6 is 22.6 Å². The van der Waals surface area contributed by atoms with Gasteiger partial charge in [0.25, 0.3) is 5.91 Å². The van der Waals surface area contributed by atoms with E-state index >= 15 is 0 Å². The molecule has 0 saturated carbocycles. The minimum Gasteiger partial charge on any atom is -0.305 e. The summed E-state index contributed by atoms with van der Waals surface area (Å²) in [6.07, 6.45) is 6.12. The molecule has 0 aliphatic heterocycles. The predicted octanol–water partition coefficient (Wildman–Crippen LogP) is 3.52. The smallest absolute Gasteiger partial charge is 0.256 e. The Labute approximate surface area is 152 Å². The van der Waals surface area contributed by atoms with E-state index in [0.29, 0.717) is 15.9 Å². The predicted molar refractivity (Wildman–Crippen MR) is 97.2 cm³/mol. The number of anilines is 1. The number of aryl methyl sites for hydroxylation is 2. The lowest BCUT2D eigenvalue weighted by Gasteiger charge is -2.04. The molecular weight excluding hydrogens is 422 g/mol. The van der Waals surface area contributed by atoms with Crippen molar-refractivity contribution in [2.45, 2.75) is 13.0 Å². The van der Waals surface area contributed by atoms with E-state index in [0.717, 1.165) is 6.42 Å². The van der Waals surface area contributed by atoms with Gasteiger partial charge in [-0.25, -0.2) is 4.39 Å². The van der Waals surface area contributed by atoms with Crippen LogP contribution in [0, 0.1) is 9.39 Å². The zero-order chi connectivity index (χ0) is 16.9. The first-order valence-corrected chi connectivity index (χ1v) is 8.38. The first-order chi connectivity index (χ1) is 11.6. The third kappa shape index (κ3) is 4.16. The molecule has 24 heavy (non-hydrogen) atoms. The molecule has 0 aliphatic rings. The molecule has 5 nitrogen and oxygen atoms in total. The van der Waals surface area contributed by atoms with Gasteiger partial charge in [-0.1, -0.05) is 0 Å². The number of benzene rings is 1. The maximum atomic E-state index is 13.5. The molecule has 2 heterocycles. The third-order valence-electron chi connectivity index (χ3n) is 3.44. The van der Waals surface area contributed by atoms with Gasteiger partial charge in [-0.05, 0) is 64.9 Å². The lowest BCUT2D eigenvalue weighted by molar-refractivity contribution is 0.102. The summed E-state index contributed by atoms with van der Waals surface area (Å²) >= 11 is 1.88. The SMILES string of the molecule is O=C(Nc1ccn(CCc2ccncc2)n1)c1ccc(I)c(F)c1. The van der Waals surface area contributed by atoms with Crippen molar-refractivity contribution in [1.29, 1.82) is 0 Å². The Morgan fingerprint density at radius 3 is 2.75 bits per heavy atom. The van der Waals surface area contributed by atoms with E-state index in [2.05, 4.69) is 15.4 Å². The topological polar surface area (TPSA) is 59.8 Å². The van der Waals surface area contributed by atoms with Gasteiger partial charge in [0.1, 0.15) is 5.82 Å². The Bertz CT molecular complexity index is 851. The number of amides is 1. The molecule has 7 heteroatoms. The molecule has 1 aromatic carbocycles. The lowest BCUT2D eigenvalue weighted by atomic mass is 10.2. The van der Waals surface area contributed by atoms with Crippen LogP contribution in [0.5, 0.6) is 0 Å². The number of carbonyl (C=O) groups excluding carboxylic acids is 1. The quantitative estimate of drug-likeness (QED) is 0.623.